The lowest BCUT2D eigenvalue weighted by atomic mass is 10.00. The summed E-state index contributed by atoms with van der Waals surface area (Å²) in [5.41, 5.74) is -1.71. The van der Waals surface area contributed by atoms with Gasteiger partial charge in [-0.25, -0.2) is 9.18 Å². The Balaban J connectivity index is 2.50. The number of carbonyl (C=O) groups is 1. The first kappa shape index (κ1) is 13.3. The third kappa shape index (κ3) is 3.65. The van der Waals surface area contributed by atoms with E-state index in [1.54, 1.807) is 0 Å². The fourth-order valence-electron chi connectivity index (χ4n) is 1.97. The van der Waals surface area contributed by atoms with E-state index in [1.807, 2.05) is 27.7 Å². The van der Waals surface area contributed by atoms with Crippen molar-refractivity contribution in [2.45, 2.75) is 58.2 Å². The first-order valence-corrected chi connectivity index (χ1v) is 5.93. The van der Waals surface area contributed by atoms with Crippen LogP contribution in [0.3, 0.4) is 0 Å². The molecule has 0 spiro atoms. The summed E-state index contributed by atoms with van der Waals surface area (Å²) in [7, 11) is 0. The van der Waals surface area contributed by atoms with Gasteiger partial charge in [-0.15, -0.1) is 0 Å². The van der Waals surface area contributed by atoms with Crippen LogP contribution in [0, 0.1) is 0 Å². The van der Waals surface area contributed by atoms with Gasteiger partial charge in [0.05, 0.1) is 6.54 Å². The summed E-state index contributed by atoms with van der Waals surface area (Å²) in [6.07, 6.45) is 1.36. The van der Waals surface area contributed by atoms with Crippen LogP contribution in [0.5, 0.6) is 0 Å². The average molecular weight is 231 g/mol. The molecule has 1 amide bonds. The lowest BCUT2D eigenvalue weighted by Gasteiger charge is -2.25. The van der Waals surface area contributed by atoms with E-state index in [0.717, 1.165) is 6.42 Å². The van der Waals surface area contributed by atoms with Crippen molar-refractivity contribution in [2.24, 2.45) is 0 Å². The Hall–Kier alpha value is -0.800. The molecule has 0 bridgehead atoms. The minimum absolute atomic E-state index is 0.176. The Kier molecular flexibility index (Phi) is 3.81. The maximum absolute atomic E-state index is 14.1. The number of halogens is 1. The van der Waals surface area contributed by atoms with Crippen LogP contribution in [-0.4, -0.2) is 35.4 Å². The molecule has 0 aromatic carbocycles. The topological polar surface area (TPSA) is 29.5 Å². The normalized spacial score (nSPS) is 25.9. The largest absolute Gasteiger partial charge is 0.444 e. The van der Waals surface area contributed by atoms with Gasteiger partial charge in [0.2, 0.25) is 0 Å². The van der Waals surface area contributed by atoms with Gasteiger partial charge in [-0.05, 0) is 27.2 Å². The number of rotatable bonds is 2. The molecule has 0 saturated carbocycles. The predicted molar refractivity (Wildman–Crippen MR) is 61.2 cm³/mol. The lowest BCUT2D eigenvalue weighted by Crippen LogP contribution is -2.37. The van der Waals surface area contributed by atoms with E-state index in [-0.39, 0.29) is 6.54 Å². The minimum Gasteiger partial charge on any atom is -0.444 e. The molecule has 0 aromatic rings. The number of likely N-dealkylation sites (tertiary alicyclic amines) is 1. The molecule has 0 N–H and O–H groups in total. The van der Waals surface area contributed by atoms with Crippen molar-refractivity contribution in [3.63, 3.8) is 0 Å². The van der Waals surface area contributed by atoms with E-state index >= 15 is 0 Å². The summed E-state index contributed by atoms with van der Waals surface area (Å²) in [5.74, 6) is 0. The summed E-state index contributed by atoms with van der Waals surface area (Å²) in [6, 6.07) is 0. The zero-order valence-corrected chi connectivity index (χ0v) is 10.7. The van der Waals surface area contributed by atoms with Crippen LogP contribution in [0.2, 0.25) is 0 Å². The number of hydrogen-bond acceptors (Lipinski definition) is 2. The molecule has 1 saturated heterocycles. The Labute approximate surface area is 96.9 Å². The Morgan fingerprint density at radius 1 is 1.50 bits per heavy atom. The molecule has 1 atom stereocenters. The highest BCUT2D eigenvalue weighted by Gasteiger charge is 2.40. The van der Waals surface area contributed by atoms with Gasteiger partial charge in [-0.3, -0.25) is 0 Å². The van der Waals surface area contributed by atoms with Crippen LogP contribution >= 0.6 is 0 Å². The maximum Gasteiger partial charge on any atom is 0.410 e. The molecule has 16 heavy (non-hydrogen) atoms. The number of amides is 1. The lowest BCUT2D eigenvalue weighted by molar-refractivity contribution is 0.0254. The van der Waals surface area contributed by atoms with Gasteiger partial charge in [-0.1, -0.05) is 13.3 Å². The number of nitrogens with zero attached hydrogens (tertiary/aromatic N) is 1. The Morgan fingerprint density at radius 3 is 2.62 bits per heavy atom. The summed E-state index contributed by atoms with van der Waals surface area (Å²) in [6.45, 7) is 8.04. The predicted octanol–water partition coefficient (Wildman–Crippen LogP) is 3.14. The van der Waals surface area contributed by atoms with E-state index < -0.39 is 17.4 Å². The van der Waals surface area contributed by atoms with Crippen LogP contribution in [-0.2, 0) is 4.74 Å². The molecule has 94 valence electrons. The molecule has 1 rings (SSSR count). The highest BCUT2D eigenvalue weighted by atomic mass is 19.1. The van der Waals surface area contributed by atoms with Gasteiger partial charge in [0.1, 0.15) is 11.3 Å². The zero-order chi connectivity index (χ0) is 12.4. The van der Waals surface area contributed by atoms with Crippen LogP contribution in [0.15, 0.2) is 0 Å². The fraction of sp³-hybridized carbons (Fsp3) is 0.917. The summed E-state index contributed by atoms with van der Waals surface area (Å²) >= 11 is 0. The first-order valence-electron chi connectivity index (χ1n) is 5.93. The zero-order valence-electron chi connectivity index (χ0n) is 10.7. The number of hydrogen-bond donors (Lipinski definition) is 0. The van der Waals surface area contributed by atoms with Gasteiger partial charge in [0, 0.05) is 13.0 Å². The molecule has 3 nitrogen and oxygen atoms in total. The summed E-state index contributed by atoms with van der Waals surface area (Å²) < 4.78 is 19.3. The first-order chi connectivity index (χ1) is 7.26. The minimum atomic E-state index is -1.20. The fourth-order valence-corrected chi connectivity index (χ4v) is 1.97. The third-order valence-electron chi connectivity index (χ3n) is 2.65. The molecular formula is C12H22FNO2. The quantitative estimate of drug-likeness (QED) is 0.730. The van der Waals surface area contributed by atoms with Crippen molar-refractivity contribution in [1.82, 2.24) is 4.90 Å². The van der Waals surface area contributed by atoms with Crippen molar-refractivity contribution in [3.8, 4) is 0 Å². The molecule has 0 aliphatic carbocycles. The van der Waals surface area contributed by atoms with Crippen molar-refractivity contribution < 1.29 is 13.9 Å². The van der Waals surface area contributed by atoms with Gasteiger partial charge < -0.3 is 9.64 Å². The highest BCUT2D eigenvalue weighted by Crippen LogP contribution is 2.30. The van der Waals surface area contributed by atoms with Crippen LogP contribution in [0.25, 0.3) is 0 Å². The molecule has 1 heterocycles. The number of ether oxygens (including phenoxy) is 1. The highest BCUT2D eigenvalue weighted by molar-refractivity contribution is 5.68. The van der Waals surface area contributed by atoms with Crippen LogP contribution in [0.1, 0.15) is 47.0 Å². The molecule has 0 aromatic heterocycles. The SMILES string of the molecule is CCCC1(F)CCN(C(=O)OC(C)(C)C)C1. The average Bonchev–Trinajstić information content (AvgIpc) is 2.45. The third-order valence-corrected chi connectivity index (χ3v) is 2.65. The summed E-state index contributed by atoms with van der Waals surface area (Å²) in [5, 5.41) is 0. The molecule has 0 radical (unpaired) electrons. The van der Waals surface area contributed by atoms with Crippen LogP contribution in [0.4, 0.5) is 9.18 Å². The van der Waals surface area contributed by atoms with Gasteiger partial charge >= 0.3 is 6.09 Å². The van der Waals surface area contributed by atoms with E-state index in [4.69, 9.17) is 4.74 Å². The van der Waals surface area contributed by atoms with Gasteiger partial charge in [0.25, 0.3) is 0 Å². The second-order valence-electron chi connectivity index (χ2n) is 5.55. The van der Waals surface area contributed by atoms with E-state index in [0.29, 0.717) is 19.4 Å². The summed E-state index contributed by atoms with van der Waals surface area (Å²) in [4.78, 5) is 13.2. The van der Waals surface area contributed by atoms with Crippen LogP contribution < -0.4 is 0 Å². The number of alkyl halides is 1. The van der Waals surface area contributed by atoms with Crippen molar-refractivity contribution in [1.29, 1.82) is 0 Å². The molecule has 4 heteroatoms. The van der Waals surface area contributed by atoms with Crippen molar-refractivity contribution >= 4 is 6.09 Å². The second-order valence-corrected chi connectivity index (χ2v) is 5.55. The molecule has 1 fully saturated rings. The van der Waals surface area contributed by atoms with Gasteiger partial charge in [0.15, 0.2) is 0 Å². The van der Waals surface area contributed by atoms with Crippen molar-refractivity contribution in [3.05, 3.63) is 0 Å². The van der Waals surface area contributed by atoms with E-state index in [9.17, 15) is 9.18 Å². The molecule has 1 aliphatic rings. The second kappa shape index (κ2) is 4.60. The smallest absolute Gasteiger partial charge is 0.410 e. The van der Waals surface area contributed by atoms with Crippen molar-refractivity contribution in [2.75, 3.05) is 13.1 Å². The van der Waals surface area contributed by atoms with Gasteiger partial charge in [-0.2, -0.15) is 0 Å². The maximum atomic E-state index is 14.1. The monoisotopic (exact) mass is 231 g/mol. The molecule has 1 unspecified atom stereocenters. The number of carbonyl (C=O) groups excluding carboxylic acids is 1. The molecule has 1 aliphatic heterocycles. The van der Waals surface area contributed by atoms with E-state index in [2.05, 4.69) is 0 Å². The van der Waals surface area contributed by atoms with E-state index in [1.165, 1.54) is 4.90 Å². The molecular weight excluding hydrogens is 209 g/mol. The standard InChI is InChI=1S/C12H22FNO2/c1-5-6-12(13)7-8-14(9-12)10(15)16-11(2,3)4/h5-9H2,1-4H3. The Bertz CT molecular complexity index is 262. The Morgan fingerprint density at radius 2 is 2.12 bits per heavy atom.